The van der Waals surface area contributed by atoms with Gasteiger partial charge in [-0.25, -0.2) is 4.79 Å². The number of rotatable bonds is 5. The van der Waals surface area contributed by atoms with Crippen molar-refractivity contribution in [1.29, 1.82) is 0 Å². The van der Waals surface area contributed by atoms with Gasteiger partial charge in [0.2, 0.25) is 0 Å². The summed E-state index contributed by atoms with van der Waals surface area (Å²) < 4.78 is 9.84. The fourth-order valence-corrected chi connectivity index (χ4v) is 2.09. The molecule has 0 saturated carbocycles. The van der Waals surface area contributed by atoms with Crippen molar-refractivity contribution in [2.75, 3.05) is 7.11 Å². The first-order valence-corrected chi connectivity index (χ1v) is 6.06. The van der Waals surface area contributed by atoms with Crippen LogP contribution in [0.25, 0.3) is 0 Å². The van der Waals surface area contributed by atoms with E-state index in [-0.39, 0.29) is 5.97 Å². The van der Waals surface area contributed by atoms with Crippen LogP contribution in [0.2, 0.25) is 0 Å². The summed E-state index contributed by atoms with van der Waals surface area (Å²) in [7, 11) is 1.35. The summed E-state index contributed by atoms with van der Waals surface area (Å²) in [5.74, 6) is 0.347. The molecule has 2 heterocycles. The molecule has 0 spiro atoms. The summed E-state index contributed by atoms with van der Waals surface area (Å²) in [5, 5.41) is 5.28. The fourth-order valence-electron chi connectivity index (χ4n) is 1.42. The first-order chi connectivity index (χ1) is 8.29. The molecule has 0 fully saturated rings. The molecule has 17 heavy (non-hydrogen) atoms. The summed E-state index contributed by atoms with van der Waals surface area (Å²) in [4.78, 5) is 12.5. The van der Waals surface area contributed by atoms with E-state index in [2.05, 4.69) is 16.1 Å². The maximum absolute atomic E-state index is 11.2. The van der Waals surface area contributed by atoms with Gasteiger partial charge in [-0.2, -0.15) is 0 Å². The topological polar surface area (TPSA) is 51.5 Å². The number of nitrogens with one attached hydrogen (secondary N) is 1. The van der Waals surface area contributed by atoms with Crippen LogP contribution in [-0.2, 0) is 17.8 Å². The molecule has 0 aliphatic carbocycles. The Hall–Kier alpha value is -1.59. The van der Waals surface area contributed by atoms with E-state index in [0.29, 0.717) is 12.1 Å². The number of ether oxygens (including phenoxy) is 1. The van der Waals surface area contributed by atoms with Crippen LogP contribution in [-0.4, -0.2) is 13.1 Å². The van der Waals surface area contributed by atoms with Gasteiger partial charge in [0.15, 0.2) is 0 Å². The standard InChI is InChI=1S/C12H13NO3S/c1-15-12(14)9-5-10(16-8-9)6-13-7-11-3-2-4-17-11/h2-5,8,13H,6-7H2,1H3. The maximum Gasteiger partial charge on any atom is 0.341 e. The third-order valence-electron chi connectivity index (χ3n) is 2.25. The van der Waals surface area contributed by atoms with Crippen molar-refractivity contribution in [3.8, 4) is 0 Å². The van der Waals surface area contributed by atoms with Crippen LogP contribution in [0, 0.1) is 0 Å². The first kappa shape index (κ1) is 11.9. The lowest BCUT2D eigenvalue weighted by Crippen LogP contribution is -2.11. The van der Waals surface area contributed by atoms with Gasteiger partial charge in [-0.05, 0) is 17.5 Å². The van der Waals surface area contributed by atoms with Gasteiger partial charge in [-0.3, -0.25) is 0 Å². The second-order valence-corrected chi connectivity index (χ2v) is 4.51. The minimum absolute atomic E-state index is 0.377. The zero-order chi connectivity index (χ0) is 12.1. The lowest BCUT2D eigenvalue weighted by atomic mass is 10.3. The van der Waals surface area contributed by atoms with Crippen LogP contribution in [0.5, 0.6) is 0 Å². The van der Waals surface area contributed by atoms with Crippen molar-refractivity contribution < 1.29 is 13.9 Å². The van der Waals surface area contributed by atoms with Crippen molar-refractivity contribution in [2.45, 2.75) is 13.1 Å². The second kappa shape index (κ2) is 5.65. The Labute approximate surface area is 103 Å². The highest BCUT2D eigenvalue weighted by molar-refractivity contribution is 7.09. The van der Waals surface area contributed by atoms with Gasteiger partial charge in [-0.15, -0.1) is 11.3 Å². The molecule has 0 aliphatic heterocycles. The highest BCUT2D eigenvalue weighted by Gasteiger charge is 2.09. The lowest BCUT2D eigenvalue weighted by Gasteiger charge is -1.99. The second-order valence-electron chi connectivity index (χ2n) is 3.48. The van der Waals surface area contributed by atoms with E-state index < -0.39 is 0 Å². The molecule has 0 radical (unpaired) electrons. The number of thiophene rings is 1. The summed E-state index contributed by atoms with van der Waals surface area (Å²) in [6.45, 7) is 1.39. The van der Waals surface area contributed by atoms with Crippen LogP contribution >= 0.6 is 11.3 Å². The molecule has 90 valence electrons. The Morgan fingerprint density at radius 3 is 3.12 bits per heavy atom. The maximum atomic E-state index is 11.2. The Bertz CT molecular complexity index is 476. The van der Waals surface area contributed by atoms with Crippen LogP contribution in [0.3, 0.4) is 0 Å². The minimum atomic E-state index is -0.377. The van der Waals surface area contributed by atoms with Gasteiger partial charge < -0.3 is 14.5 Å². The molecule has 0 atom stereocenters. The van der Waals surface area contributed by atoms with Crippen LogP contribution in [0.4, 0.5) is 0 Å². The van der Waals surface area contributed by atoms with Crippen molar-refractivity contribution in [3.63, 3.8) is 0 Å². The molecular formula is C12H13NO3S. The Morgan fingerprint density at radius 1 is 1.53 bits per heavy atom. The van der Waals surface area contributed by atoms with E-state index in [0.717, 1.165) is 12.3 Å². The summed E-state index contributed by atoms with van der Waals surface area (Å²) >= 11 is 1.70. The van der Waals surface area contributed by atoms with Gasteiger partial charge in [0.05, 0.1) is 19.2 Å². The Kier molecular flexibility index (Phi) is 3.95. The number of esters is 1. The SMILES string of the molecule is COC(=O)c1coc(CNCc2cccs2)c1. The predicted octanol–water partition coefficient (Wildman–Crippen LogP) is 2.42. The van der Waals surface area contributed by atoms with Gasteiger partial charge in [0, 0.05) is 11.4 Å². The molecule has 2 aromatic heterocycles. The van der Waals surface area contributed by atoms with Crippen molar-refractivity contribution in [1.82, 2.24) is 5.32 Å². The zero-order valence-electron chi connectivity index (χ0n) is 9.43. The molecule has 2 aromatic rings. The number of methoxy groups -OCH3 is 1. The molecule has 0 amide bonds. The first-order valence-electron chi connectivity index (χ1n) is 5.18. The number of hydrogen-bond acceptors (Lipinski definition) is 5. The predicted molar refractivity (Wildman–Crippen MR) is 64.9 cm³/mol. The van der Waals surface area contributed by atoms with E-state index >= 15 is 0 Å². The van der Waals surface area contributed by atoms with Gasteiger partial charge in [0.1, 0.15) is 12.0 Å². The molecule has 5 heteroatoms. The molecule has 0 aliphatic rings. The van der Waals surface area contributed by atoms with Crippen molar-refractivity contribution in [3.05, 3.63) is 46.0 Å². The van der Waals surface area contributed by atoms with E-state index in [1.807, 2.05) is 11.4 Å². The third-order valence-corrected chi connectivity index (χ3v) is 3.13. The number of hydrogen-bond donors (Lipinski definition) is 1. The summed E-state index contributed by atoms with van der Waals surface area (Å²) in [5.41, 5.74) is 0.445. The Morgan fingerprint density at radius 2 is 2.41 bits per heavy atom. The molecular weight excluding hydrogens is 238 g/mol. The van der Waals surface area contributed by atoms with Crippen molar-refractivity contribution >= 4 is 17.3 Å². The third kappa shape index (κ3) is 3.18. The quantitative estimate of drug-likeness (QED) is 0.829. The van der Waals surface area contributed by atoms with E-state index in [1.54, 1.807) is 17.4 Å². The molecule has 0 unspecified atom stereocenters. The monoisotopic (exact) mass is 251 g/mol. The van der Waals surface area contributed by atoms with Gasteiger partial charge in [0.25, 0.3) is 0 Å². The molecule has 4 nitrogen and oxygen atoms in total. The van der Waals surface area contributed by atoms with Crippen molar-refractivity contribution in [2.24, 2.45) is 0 Å². The number of furan rings is 1. The van der Waals surface area contributed by atoms with E-state index in [4.69, 9.17) is 4.42 Å². The van der Waals surface area contributed by atoms with E-state index in [1.165, 1.54) is 18.3 Å². The van der Waals surface area contributed by atoms with Crippen LogP contribution < -0.4 is 5.32 Å². The number of carbonyl (C=O) groups is 1. The zero-order valence-corrected chi connectivity index (χ0v) is 10.3. The summed E-state index contributed by atoms with van der Waals surface area (Å²) in [6, 6.07) is 5.77. The summed E-state index contributed by atoms with van der Waals surface area (Å²) in [6.07, 6.45) is 1.41. The van der Waals surface area contributed by atoms with Crippen LogP contribution in [0.1, 0.15) is 21.0 Å². The lowest BCUT2D eigenvalue weighted by molar-refractivity contribution is 0.0600. The molecule has 0 bridgehead atoms. The van der Waals surface area contributed by atoms with Gasteiger partial charge >= 0.3 is 5.97 Å². The Balaban J connectivity index is 1.83. The van der Waals surface area contributed by atoms with Crippen LogP contribution in [0.15, 0.2) is 34.3 Å². The fraction of sp³-hybridized carbons (Fsp3) is 0.250. The number of carbonyl (C=O) groups excluding carboxylic acids is 1. The highest BCUT2D eigenvalue weighted by Crippen LogP contribution is 2.10. The molecule has 0 aromatic carbocycles. The molecule has 0 saturated heterocycles. The largest absolute Gasteiger partial charge is 0.467 e. The van der Waals surface area contributed by atoms with E-state index in [9.17, 15) is 4.79 Å². The smallest absolute Gasteiger partial charge is 0.341 e. The highest BCUT2D eigenvalue weighted by atomic mass is 32.1. The average molecular weight is 251 g/mol. The average Bonchev–Trinajstić information content (AvgIpc) is 2.99. The van der Waals surface area contributed by atoms with Gasteiger partial charge in [-0.1, -0.05) is 6.07 Å². The normalized spacial score (nSPS) is 10.4. The minimum Gasteiger partial charge on any atom is -0.467 e. The molecule has 1 N–H and O–H groups in total. The molecule has 2 rings (SSSR count).